The zero-order chi connectivity index (χ0) is 13.2. The maximum absolute atomic E-state index is 6.07. The van der Waals surface area contributed by atoms with Crippen molar-refractivity contribution in [1.29, 1.82) is 0 Å². The monoisotopic (exact) mass is 246 g/mol. The van der Waals surface area contributed by atoms with E-state index in [2.05, 4.69) is 15.1 Å². The molecule has 96 valence electrons. The fourth-order valence-corrected chi connectivity index (χ4v) is 1.52. The first-order chi connectivity index (χ1) is 8.47. The average molecular weight is 246 g/mol. The summed E-state index contributed by atoms with van der Waals surface area (Å²) in [5.74, 6) is 1.12. The van der Waals surface area contributed by atoms with E-state index in [1.807, 2.05) is 32.9 Å². The first kappa shape index (κ1) is 12.7. The third-order valence-corrected chi connectivity index (χ3v) is 2.77. The van der Waals surface area contributed by atoms with Crippen LogP contribution in [0.25, 0.3) is 0 Å². The summed E-state index contributed by atoms with van der Waals surface area (Å²) in [4.78, 5) is 8.39. The molecule has 2 N–H and O–H groups in total. The van der Waals surface area contributed by atoms with Crippen LogP contribution in [0.1, 0.15) is 44.1 Å². The van der Waals surface area contributed by atoms with Crippen LogP contribution in [0.15, 0.2) is 29.0 Å². The second kappa shape index (κ2) is 4.86. The zero-order valence-corrected chi connectivity index (χ0v) is 10.9. The van der Waals surface area contributed by atoms with Gasteiger partial charge in [0.25, 0.3) is 0 Å². The fourth-order valence-electron chi connectivity index (χ4n) is 1.52. The zero-order valence-electron chi connectivity index (χ0n) is 10.9. The Kier molecular flexibility index (Phi) is 3.43. The lowest BCUT2D eigenvalue weighted by molar-refractivity contribution is 0.252. The molecule has 0 fully saturated rings. The van der Waals surface area contributed by atoms with Gasteiger partial charge < -0.3 is 10.3 Å². The topological polar surface area (TPSA) is 77.8 Å². The number of nitrogens with two attached hydrogens (primary N) is 1. The molecular formula is C13H18N4O. The summed E-state index contributed by atoms with van der Waals surface area (Å²) >= 11 is 0. The van der Waals surface area contributed by atoms with E-state index in [0.29, 0.717) is 18.1 Å². The lowest BCUT2D eigenvalue weighted by atomic mass is 9.87. The van der Waals surface area contributed by atoms with Gasteiger partial charge in [-0.15, -0.1) is 0 Å². The number of hydrogen-bond donors (Lipinski definition) is 1. The molecule has 0 aromatic carbocycles. The lowest BCUT2D eigenvalue weighted by Crippen LogP contribution is -2.26. The van der Waals surface area contributed by atoms with Gasteiger partial charge in [0, 0.05) is 18.8 Å². The molecule has 0 spiro atoms. The van der Waals surface area contributed by atoms with Crippen molar-refractivity contribution in [1.82, 2.24) is 15.1 Å². The highest BCUT2D eigenvalue weighted by molar-refractivity contribution is 5.14. The van der Waals surface area contributed by atoms with Crippen LogP contribution in [0, 0.1) is 5.41 Å². The highest BCUT2D eigenvalue weighted by Gasteiger charge is 2.27. The third kappa shape index (κ3) is 2.92. The Morgan fingerprint density at radius 3 is 2.78 bits per heavy atom. The molecular weight excluding hydrogens is 228 g/mol. The summed E-state index contributed by atoms with van der Waals surface area (Å²) in [7, 11) is 0. The normalized spacial score (nSPS) is 13.6. The van der Waals surface area contributed by atoms with Crippen molar-refractivity contribution >= 4 is 0 Å². The maximum Gasteiger partial charge on any atom is 0.244 e. The smallest absolute Gasteiger partial charge is 0.244 e. The molecule has 1 unspecified atom stereocenters. The van der Waals surface area contributed by atoms with Gasteiger partial charge in [0.2, 0.25) is 5.89 Å². The van der Waals surface area contributed by atoms with Crippen LogP contribution >= 0.6 is 0 Å². The SMILES string of the molecule is CC(C)(C)C(N)c1nc(Cc2cccnc2)no1. The van der Waals surface area contributed by atoms with Crippen molar-refractivity contribution in [2.45, 2.75) is 33.2 Å². The molecule has 0 amide bonds. The van der Waals surface area contributed by atoms with Crippen LogP contribution in [-0.2, 0) is 6.42 Å². The Morgan fingerprint density at radius 1 is 1.39 bits per heavy atom. The van der Waals surface area contributed by atoms with E-state index in [9.17, 15) is 0 Å². The minimum absolute atomic E-state index is 0.0991. The quantitative estimate of drug-likeness (QED) is 0.897. The third-order valence-electron chi connectivity index (χ3n) is 2.77. The Bertz CT molecular complexity index is 501. The molecule has 1 atom stereocenters. The molecule has 0 aliphatic heterocycles. The highest BCUT2D eigenvalue weighted by atomic mass is 16.5. The molecule has 0 saturated heterocycles. The summed E-state index contributed by atoms with van der Waals surface area (Å²) in [6.45, 7) is 6.13. The van der Waals surface area contributed by atoms with E-state index in [1.54, 1.807) is 12.4 Å². The molecule has 2 aromatic rings. The van der Waals surface area contributed by atoms with Gasteiger partial charge in [-0.3, -0.25) is 4.98 Å². The van der Waals surface area contributed by atoms with E-state index in [4.69, 9.17) is 10.3 Å². The van der Waals surface area contributed by atoms with Gasteiger partial charge in [-0.25, -0.2) is 0 Å². The molecule has 5 heteroatoms. The largest absolute Gasteiger partial charge is 0.338 e. The first-order valence-corrected chi connectivity index (χ1v) is 5.94. The summed E-state index contributed by atoms with van der Waals surface area (Å²) in [6.07, 6.45) is 4.13. The molecule has 0 bridgehead atoms. The van der Waals surface area contributed by atoms with Crippen LogP contribution in [-0.4, -0.2) is 15.1 Å². The maximum atomic E-state index is 6.07. The van der Waals surface area contributed by atoms with Crippen molar-refractivity contribution in [2.24, 2.45) is 11.1 Å². The van der Waals surface area contributed by atoms with Gasteiger partial charge >= 0.3 is 0 Å². The molecule has 5 nitrogen and oxygen atoms in total. The molecule has 2 aromatic heterocycles. The molecule has 2 heterocycles. The van der Waals surface area contributed by atoms with Gasteiger partial charge in [-0.2, -0.15) is 4.98 Å². The van der Waals surface area contributed by atoms with Crippen LogP contribution in [0.2, 0.25) is 0 Å². The van der Waals surface area contributed by atoms with Crippen molar-refractivity contribution in [3.63, 3.8) is 0 Å². The summed E-state index contributed by atoms with van der Waals surface area (Å²) in [5.41, 5.74) is 7.02. The van der Waals surface area contributed by atoms with E-state index < -0.39 is 0 Å². The Balaban J connectivity index is 2.12. The lowest BCUT2D eigenvalue weighted by Gasteiger charge is -2.23. The number of aromatic nitrogens is 3. The van der Waals surface area contributed by atoms with E-state index in [1.165, 1.54) is 0 Å². The number of rotatable bonds is 3. The van der Waals surface area contributed by atoms with Crippen LogP contribution < -0.4 is 5.73 Å². The minimum Gasteiger partial charge on any atom is -0.338 e. The van der Waals surface area contributed by atoms with Crippen molar-refractivity contribution in [3.05, 3.63) is 41.8 Å². The molecule has 0 radical (unpaired) electrons. The molecule has 0 aliphatic rings. The van der Waals surface area contributed by atoms with Crippen LogP contribution in [0.3, 0.4) is 0 Å². The summed E-state index contributed by atoms with van der Waals surface area (Å²) < 4.78 is 5.22. The Hall–Kier alpha value is -1.75. The Labute approximate surface area is 106 Å². The second-order valence-corrected chi connectivity index (χ2v) is 5.43. The van der Waals surface area contributed by atoms with Gasteiger partial charge in [-0.1, -0.05) is 32.0 Å². The summed E-state index contributed by atoms with van der Waals surface area (Å²) in [5, 5.41) is 3.95. The predicted octanol–water partition coefficient (Wildman–Crippen LogP) is 2.10. The van der Waals surface area contributed by atoms with Crippen molar-refractivity contribution in [2.75, 3.05) is 0 Å². The van der Waals surface area contributed by atoms with Gasteiger partial charge in [-0.05, 0) is 17.0 Å². The molecule has 18 heavy (non-hydrogen) atoms. The summed E-state index contributed by atoms with van der Waals surface area (Å²) in [6, 6.07) is 3.61. The van der Waals surface area contributed by atoms with Gasteiger partial charge in [0.1, 0.15) is 0 Å². The standard InChI is InChI=1S/C13H18N4O/c1-13(2,3)11(14)12-16-10(17-18-12)7-9-5-4-6-15-8-9/h4-6,8,11H,7,14H2,1-3H3. The minimum atomic E-state index is -0.257. The van der Waals surface area contributed by atoms with E-state index >= 15 is 0 Å². The first-order valence-electron chi connectivity index (χ1n) is 5.94. The van der Waals surface area contributed by atoms with E-state index in [-0.39, 0.29) is 11.5 Å². The van der Waals surface area contributed by atoms with Gasteiger partial charge in [0.15, 0.2) is 5.82 Å². The molecule has 0 saturated carbocycles. The number of nitrogens with zero attached hydrogens (tertiary/aromatic N) is 3. The highest BCUT2D eigenvalue weighted by Crippen LogP contribution is 2.29. The molecule has 2 rings (SSSR count). The van der Waals surface area contributed by atoms with Crippen molar-refractivity contribution < 1.29 is 4.52 Å². The number of pyridine rings is 1. The van der Waals surface area contributed by atoms with Crippen molar-refractivity contribution in [3.8, 4) is 0 Å². The van der Waals surface area contributed by atoms with E-state index in [0.717, 1.165) is 5.56 Å². The van der Waals surface area contributed by atoms with Gasteiger partial charge in [0.05, 0.1) is 6.04 Å². The molecule has 0 aliphatic carbocycles. The fraction of sp³-hybridized carbons (Fsp3) is 0.462. The van der Waals surface area contributed by atoms with Crippen LogP contribution in [0.5, 0.6) is 0 Å². The Morgan fingerprint density at radius 2 is 2.17 bits per heavy atom. The predicted molar refractivity (Wildman–Crippen MR) is 67.7 cm³/mol. The second-order valence-electron chi connectivity index (χ2n) is 5.43. The number of hydrogen-bond acceptors (Lipinski definition) is 5. The average Bonchev–Trinajstić information content (AvgIpc) is 2.76. The van der Waals surface area contributed by atoms with Crippen LogP contribution in [0.4, 0.5) is 0 Å².